The van der Waals surface area contributed by atoms with E-state index in [1.54, 1.807) is 6.08 Å². The van der Waals surface area contributed by atoms with Crippen molar-refractivity contribution in [1.82, 2.24) is 19.7 Å². The Labute approximate surface area is 223 Å². The molecule has 2 unspecified atom stereocenters. The Balaban J connectivity index is 1.59. The van der Waals surface area contributed by atoms with Gasteiger partial charge < -0.3 is 9.64 Å². The number of nitrogens with zero attached hydrogens (tertiary/aromatic N) is 6. The van der Waals surface area contributed by atoms with Crippen molar-refractivity contribution in [2.24, 2.45) is 0 Å². The summed E-state index contributed by atoms with van der Waals surface area (Å²) in [6.07, 6.45) is 2.92. The number of urea groups is 1. The van der Waals surface area contributed by atoms with Crippen molar-refractivity contribution in [3.63, 3.8) is 0 Å². The van der Waals surface area contributed by atoms with Gasteiger partial charge >= 0.3 is 6.03 Å². The number of alkyl halides is 2. The highest BCUT2D eigenvalue weighted by Crippen LogP contribution is 2.48. The number of ether oxygens (including phenoxy) is 1. The van der Waals surface area contributed by atoms with Crippen molar-refractivity contribution in [3.05, 3.63) is 53.2 Å². The SMILES string of the molecule is COc1cc(C2=CC3C(S2)C(=O)N(c2cncc4cnn(CC(F)F)c24)C(=O)N3CCC#N)c(Cl)cc1F. The van der Waals surface area contributed by atoms with Gasteiger partial charge in [-0.3, -0.25) is 14.5 Å². The molecule has 2 aromatic heterocycles. The van der Waals surface area contributed by atoms with Gasteiger partial charge in [0.05, 0.1) is 54.3 Å². The second kappa shape index (κ2) is 10.2. The minimum Gasteiger partial charge on any atom is -0.494 e. The number of rotatable bonds is 7. The summed E-state index contributed by atoms with van der Waals surface area (Å²) in [5.41, 5.74) is 0.574. The van der Waals surface area contributed by atoms with Crippen molar-refractivity contribution in [2.45, 2.75) is 30.7 Å². The third-order valence-electron chi connectivity index (χ3n) is 6.19. The number of nitriles is 1. The Morgan fingerprint density at radius 2 is 2.05 bits per heavy atom. The second-order valence-corrected chi connectivity index (χ2v) is 9.99. The smallest absolute Gasteiger partial charge is 0.332 e. The fraction of sp³-hybridized carbons (Fsp3) is 0.292. The first-order valence-corrected chi connectivity index (χ1v) is 12.5. The number of amides is 3. The van der Waals surface area contributed by atoms with E-state index < -0.39 is 42.0 Å². The highest BCUT2D eigenvalue weighted by atomic mass is 35.5. The lowest BCUT2D eigenvalue weighted by molar-refractivity contribution is -0.119. The molecule has 1 aromatic carbocycles. The number of carbonyl (C=O) groups is 2. The number of thioether (sulfide) groups is 1. The van der Waals surface area contributed by atoms with E-state index in [0.29, 0.717) is 15.9 Å². The van der Waals surface area contributed by atoms with E-state index in [2.05, 4.69) is 10.1 Å². The maximum atomic E-state index is 14.1. The van der Waals surface area contributed by atoms with Crippen LogP contribution in [-0.2, 0) is 11.3 Å². The van der Waals surface area contributed by atoms with Gasteiger partial charge in [0.25, 0.3) is 12.3 Å². The van der Waals surface area contributed by atoms with Gasteiger partial charge in [0.2, 0.25) is 0 Å². The van der Waals surface area contributed by atoms with Crippen LogP contribution in [0.25, 0.3) is 15.8 Å². The van der Waals surface area contributed by atoms with Gasteiger partial charge in [-0.05, 0) is 18.2 Å². The van der Waals surface area contributed by atoms with E-state index in [4.69, 9.17) is 16.3 Å². The standard InChI is InChI=1S/C24H18ClF3N6O3S/c1-37-18-5-13(14(25)6-15(18)26)19-7-16-22(38-19)23(35)34(24(36)32(16)4-2-3-29)17-10-30-8-12-9-31-33(21(12)17)11-20(27)28/h5-10,16,20,22H,2,4,11H2,1H3. The fourth-order valence-electron chi connectivity index (χ4n) is 4.54. The van der Waals surface area contributed by atoms with E-state index in [0.717, 1.165) is 27.4 Å². The third-order valence-corrected chi connectivity index (χ3v) is 7.85. The molecular formula is C24H18ClF3N6O3S. The first kappa shape index (κ1) is 25.9. The van der Waals surface area contributed by atoms with Gasteiger partial charge in [0, 0.05) is 28.6 Å². The number of carbonyl (C=O) groups excluding carboxylic acids is 2. The molecule has 0 saturated carbocycles. The largest absolute Gasteiger partial charge is 0.494 e. The molecule has 1 fully saturated rings. The molecule has 0 bridgehead atoms. The average Bonchev–Trinajstić information content (AvgIpc) is 3.49. The lowest BCUT2D eigenvalue weighted by Gasteiger charge is -2.40. The zero-order chi connectivity index (χ0) is 27.1. The molecule has 196 valence electrons. The van der Waals surface area contributed by atoms with Gasteiger partial charge in [-0.2, -0.15) is 10.4 Å². The lowest BCUT2D eigenvalue weighted by Crippen LogP contribution is -2.62. The van der Waals surface area contributed by atoms with Gasteiger partial charge in [0.1, 0.15) is 11.8 Å². The summed E-state index contributed by atoms with van der Waals surface area (Å²) in [7, 11) is 1.31. The van der Waals surface area contributed by atoms with Crippen molar-refractivity contribution >= 4 is 56.8 Å². The topological polar surface area (TPSA) is 104 Å². The summed E-state index contributed by atoms with van der Waals surface area (Å²) >= 11 is 7.43. The van der Waals surface area contributed by atoms with E-state index in [1.807, 2.05) is 6.07 Å². The zero-order valence-corrected chi connectivity index (χ0v) is 21.2. The molecule has 14 heteroatoms. The number of hydrogen-bond acceptors (Lipinski definition) is 7. The Morgan fingerprint density at radius 1 is 1.26 bits per heavy atom. The van der Waals surface area contributed by atoms with Crippen LogP contribution < -0.4 is 9.64 Å². The summed E-state index contributed by atoms with van der Waals surface area (Å²) in [5, 5.41) is 12.8. The third kappa shape index (κ3) is 4.33. The van der Waals surface area contributed by atoms with Crippen molar-refractivity contribution in [1.29, 1.82) is 5.26 Å². The molecule has 3 aromatic rings. The Bertz CT molecular complexity index is 1520. The van der Waals surface area contributed by atoms with Gasteiger partial charge in [-0.1, -0.05) is 11.6 Å². The maximum absolute atomic E-state index is 14.1. The van der Waals surface area contributed by atoms with Gasteiger partial charge in [0.15, 0.2) is 11.6 Å². The second-order valence-electron chi connectivity index (χ2n) is 8.40. The first-order valence-electron chi connectivity index (χ1n) is 11.3. The Kier molecular flexibility index (Phi) is 6.93. The summed E-state index contributed by atoms with van der Waals surface area (Å²) in [4.78, 5) is 34.4. The van der Waals surface area contributed by atoms with E-state index in [1.165, 1.54) is 36.7 Å². The van der Waals surface area contributed by atoms with Crippen LogP contribution >= 0.6 is 23.4 Å². The average molecular weight is 563 g/mol. The molecular weight excluding hydrogens is 545 g/mol. The number of imide groups is 1. The van der Waals surface area contributed by atoms with Crippen LogP contribution in [0.2, 0.25) is 5.02 Å². The Morgan fingerprint density at radius 3 is 2.76 bits per heavy atom. The van der Waals surface area contributed by atoms with Crippen LogP contribution in [0, 0.1) is 17.1 Å². The van der Waals surface area contributed by atoms with Crippen LogP contribution in [0.3, 0.4) is 0 Å². The number of pyridine rings is 1. The van der Waals surface area contributed by atoms with Crippen molar-refractivity contribution in [3.8, 4) is 11.8 Å². The van der Waals surface area contributed by atoms with Gasteiger partial charge in [-0.15, -0.1) is 11.8 Å². The molecule has 0 spiro atoms. The minimum atomic E-state index is -2.72. The minimum absolute atomic E-state index is 0.00475. The number of hydrogen-bond donors (Lipinski definition) is 0. The monoisotopic (exact) mass is 562 g/mol. The predicted octanol–water partition coefficient (Wildman–Crippen LogP) is 4.70. The summed E-state index contributed by atoms with van der Waals surface area (Å²) < 4.78 is 46.7. The summed E-state index contributed by atoms with van der Waals surface area (Å²) in [5.74, 6) is -1.30. The van der Waals surface area contributed by atoms with Crippen molar-refractivity contribution in [2.75, 3.05) is 18.6 Å². The predicted molar refractivity (Wildman–Crippen MR) is 134 cm³/mol. The first-order chi connectivity index (χ1) is 18.2. The summed E-state index contributed by atoms with van der Waals surface area (Å²) in [6, 6.07) is 3.04. The van der Waals surface area contributed by atoms with Gasteiger partial charge in [-0.25, -0.2) is 22.9 Å². The normalized spacial score (nSPS) is 19.2. The van der Waals surface area contributed by atoms with Crippen LogP contribution in [0.5, 0.6) is 5.75 Å². The van der Waals surface area contributed by atoms with Crippen LogP contribution in [0.1, 0.15) is 12.0 Å². The number of fused-ring (bicyclic) bond motifs is 2. The van der Waals surface area contributed by atoms with Crippen molar-refractivity contribution < 1.29 is 27.5 Å². The number of aromatic nitrogens is 3. The molecule has 0 radical (unpaired) electrons. The van der Waals surface area contributed by atoms with E-state index in [-0.39, 0.29) is 34.9 Å². The van der Waals surface area contributed by atoms with E-state index >= 15 is 0 Å². The molecule has 4 heterocycles. The van der Waals surface area contributed by atoms with E-state index in [9.17, 15) is 28.0 Å². The Hall–Kier alpha value is -3.76. The lowest BCUT2D eigenvalue weighted by atomic mass is 10.0. The molecule has 38 heavy (non-hydrogen) atoms. The molecule has 1 saturated heterocycles. The molecule has 2 atom stereocenters. The highest BCUT2D eigenvalue weighted by Gasteiger charge is 2.50. The molecule has 0 N–H and O–H groups in total. The van der Waals surface area contributed by atoms with Crippen LogP contribution in [0.15, 0.2) is 36.8 Å². The molecule has 3 amide bonds. The fourth-order valence-corrected chi connectivity index (χ4v) is 6.20. The number of anilines is 1. The van der Waals surface area contributed by atoms with Crippen LogP contribution in [0.4, 0.5) is 23.7 Å². The maximum Gasteiger partial charge on any atom is 0.332 e. The number of halogens is 4. The molecule has 9 nitrogen and oxygen atoms in total. The number of benzene rings is 1. The summed E-state index contributed by atoms with van der Waals surface area (Å²) in [6.45, 7) is -0.739. The highest BCUT2D eigenvalue weighted by molar-refractivity contribution is 8.09. The quantitative estimate of drug-likeness (QED) is 0.411. The van der Waals surface area contributed by atoms with Crippen LogP contribution in [-0.4, -0.2) is 63.0 Å². The molecule has 2 aliphatic rings. The number of methoxy groups -OCH3 is 1. The molecule has 2 aliphatic heterocycles. The molecule has 5 rings (SSSR count). The zero-order valence-electron chi connectivity index (χ0n) is 19.6. The molecule has 0 aliphatic carbocycles.